The van der Waals surface area contributed by atoms with E-state index in [4.69, 9.17) is 10.2 Å². The zero-order chi connectivity index (χ0) is 14.0. The average molecular weight is 359 g/mol. The molecule has 114 valence electrons. The molecule has 0 aliphatic carbocycles. The molecule has 0 amide bonds. The molecule has 0 aromatic carbocycles. The van der Waals surface area contributed by atoms with E-state index < -0.39 is 16.1 Å². The summed E-state index contributed by atoms with van der Waals surface area (Å²) >= 11 is 2.64. The lowest BCUT2D eigenvalue weighted by atomic mass is 10.3. The number of rotatable bonds is 6. The van der Waals surface area contributed by atoms with Crippen molar-refractivity contribution >= 4 is 54.5 Å². The van der Waals surface area contributed by atoms with Gasteiger partial charge in [0, 0.05) is 23.4 Å². The molecular weight excluding hydrogens is 344 g/mol. The van der Waals surface area contributed by atoms with E-state index in [0.29, 0.717) is 13.1 Å². The minimum absolute atomic E-state index is 0. The Morgan fingerprint density at radius 2 is 2.05 bits per heavy atom. The summed E-state index contributed by atoms with van der Waals surface area (Å²) < 4.78 is 23.5. The van der Waals surface area contributed by atoms with Crippen LogP contribution in [0, 0.1) is 0 Å². The van der Waals surface area contributed by atoms with Gasteiger partial charge in [0.05, 0.1) is 16.7 Å². The molecule has 2 heterocycles. The molecule has 0 aliphatic heterocycles. The first kappa shape index (κ1) is 17.8. The van der Waals surface area contributed by atoms with Crippen molar-refractivity contribution < 1.29 is 18.6 Å². The summed E-state index contributed by atoms with van der Waals surface area (Å²) in [5.41, 5.74) is 0. The molecule has 1 unspecified atom stereocenters. The summed E-state index contributed by atoms with van der Waals surface area (Å²) in [5, 5.41) is 26.8. The first-order valence-corrected chi connectivity index (χ1v) is 8.63. The Bertz CT molecular complexity index is 636. The molecule has 20 heavy (non-hydrogen) atoms. The highest BCUT2D eigenvalue weighted by molar-refractivity contribution is 7.91. The maximum Gasteiger partial charge on any atom is 0.247 e. The maximum atomic E-state index is 11.2. The van der Waals surface area contributed by atoms with Crippen LogP contribution in [0.2, 0.25) is 0 Å². The highest BCUT2D eigenvalue weighted by Gasteiger charge is 2.14. The molecule has 0 spiro atoms. The number of hydrogen-bond acceptors (Lipinski definition) is 7. The van der Waals surface area contributed by atoms with E-state index in [1.807, 2.05) is 6.07 Å². The topological polar surface area (TPSA) is 113 Å². The smallest absolute Gasteiger partial charge is 0.247 e. The quantitative estimate of drug-likeness (QED) is 0.599. The number of nitrogens with one attached hydrogen (secondary N) is 1. The van der Waals surface area contributed by atoms with Crippen LogP contribution in [0.4, 0.5) is 0 Å². The second kappa shape index (κ2) is 7.14. The van der Waals surface area contributed by atoms with E-state index >= 15 is 0 Å². The number of nitrogens with two attached hydrogens (primary N) is 1. The number of sulfonamides is 1. The summed E-state index contributed by atoms with van der Waals surface area (Å²) in [5.74, 6) is 0. The Labute approximate surface area is 130 Å². The minimum Gasteiger partial charge on any atom is -0.394 e. The average Bonchev–Trinajstić information content (AvgIpc) is 2.85. The maximum absolute atomic E-state index is 11.2. The van der Waals surface area contributed by atoms with E-state index in [-0.39, 0.29) is 23.2 Å². The molecule has 0 fully saturated rings. The third-order valence-electron chi connectivity index (χ3n) is 2.41. The van der Waals surface area contributed by atoms with E-state index in [0.717, 1.165) is 25.6 Å². The van der Waals surface area contributed by atoms with Crippen LogP contribution >= 0.6 is 35.1 Å². The molecule has 6 nitrogen and oxygen atoms in total. The Hall–Kier alpha value is -0.260. The van der Waals surface area contributed by atoms with E-state index in [1.54, 1.807) is 6.07 Å². The molecule has 10 heteroatoms. The molecule has 0 saturated carbocycles. The van der Waals surface area contributed by atoms with Gasteiger partial charge in [-0.1, -0.05) is 0 Å². The lowest BCUT2D eigenvalue weighted by Crippen LogP contribution is -2.28. The minimum atomic E-state index is -3.63. The third kappa shape index (κ3) is 4.37. The van der Waals surface area contributed by atoms with Crippen molar-refractivity contribution in [1.29, 1.82) is 0 Å². The van der Waals surface area contributed by atoms with Crippen molar-refractivity contribution in [1.82, 2.24) is 5.32 Å². The van der Waals surface area contributed by atoms with Gasteiger partial charge in [0.15, 0.2) is 0 Å². The molecular formula is C10H15ClN2O4S3. The Morgan fingerprint density at radius 1 is 1.35 bits per heavy atom. The second-order valence-corrected chi connectivity index (χ2v) is 8.27. The fraction of sp³-hybridized carbons (Fsp3) is 0.400. The van der Waals surface area contributed by atoms with Crippen LogP contribution in [0.25, 0.3) is 9.40 Å². The summed E-state index contributed by atoms with van der Waals surface area (Å²) in [6.07, 6.45) is -0.768. The molecule has 1 atom stereocenters. The number of fused-ring (bicyclic) bond motifs is 1. The SMILES string of the molecule is Cl.NS(=O)(=O)c1cc2cc(CNCC(O)CO)sc2s1. The lowest BCUT2D eigenvalue weighted by Gasteiger charge is -2.07. The predicted octanol–water partition coefficient (Wildman–Crippen LogP) is 0.475. The summed E-state index contributed by atoms with van der Waals surface area (Å²) in [6, 6.07) is 3.46. The third-order valence-corrected chi connectivity index (χ3v) is 6.22. The molecule has 5 N–H and O–H groups in total. The zero-order valence-corrected chi connectivity index (χ0v) is 13.5. The molecule has 0 aliphatic rings. The molecule has 2 aromatic heterocycles. The molecule has 2 aromatic rings. The summed E-state index contributed by atoms with van der Waals surface area (Å²) in [4.78, 5) is 1.03. The van der Waals surface area contributed by atoms with Gasteiger partial charge in [-0.3, -0.25) is 0 Å². The van der Waals surface area contributed by atoms with Gasteiger partial charge in [0.25, 0.3) is 0 Å². The first-order chi connectivity index (χ1) is 8.90. The predicted molar refractivity (Wildman–Crippen MR) is 83.1 cm³/mol. The van der Waals surface area contributed by atoms with Crippen LogP contribution in [0.1, 0.15) is 4.88 Å². The highest BCUT2D eigenvalue weighted by atomic mass is 35.5. The fourth-order valence-corrected chi connectivity index (χ4v) is 4.88. The standard InChI is InChI=1S/C10H14N2O4S3.ClH/c11-19(15,16)9-2-6-1-8(17-10(6)18-9)4-12-3-7(14)5-13;/h1-2,7,12-14H,3-5H2,(H2,11,15,16);1H. The van der Waals surface area contributed by atoms with Gasteiger partial charge < -0.3 is 15.5 Å². The summed E-state index contributed by atoms with van der Waals surface area (Å²) in [7, 11) is -3.63. The second-order valence-electron chi connectivity index (χ2n) is 4.03. The van der Waals surface area contributed by atoms with E-state index in [1.165, 1.54) is 11.3 Å². The summed E-state index contributed by atoms with van der Waals surface area (Å²) in [6.45, 7) is 0.600. The largest absolute Gasteiger partial charge is 0.394 e. The van der Waals surface area contributed by atoms with Crippen molar-refractivity contribution in [3.63, 3.8) is 0 Å². The van der Waals surface area contributed by atoms with Crippen molar-refractivity contribution in [2.75, 3.05) is 13.2 Å². The van der Waals surface area contributed by atoms with Crippen molar-refractivity contribution in [2.24, 2.45) is 5.14 Å². The fourth-order valence-electron chi connectivity index (χ4n) is 1.52. The number of aliphatic hydroxyl groups is 2. The van der Waals surface area contributed by atoms with Crippen LogP contribution in [0.5, 0.6) is 0 Å². The van der Waals surface area contributed by atoms with Crippen LogP contribution in [-0.2, 0) is 16.6 Å². The van der Waals surface area contributed by atoms with Gasteiger partial charge in [-0.25, -0.2) is 13.6 Å². The van der Waals surface area contributed by atoms with Crippen molar-refractivity contribution in [3.8, 4) is 0 Å². The van der Waals surface area contributed by atoms with Gasteiger partial charge in [0.2, 0.25) is 10.0 Å². The van der Waals surface area contributed by atoms with Crippen molar-refractivity contribution in [3.05, 3.63) is 17.0 Å². The molecule has 0 bridgehead atoms. The van der Waals surface area contributed by atoms with Gasteiger partial charge in [-0.05, 0) is 12.1 Å². The monoisotopic (exact) mass is 358 g/mol. The number of thiophene rings is 2. The van der Waals surface area contributed by atoms with Crippen LogP contribution < -0.4 is 10.5 Å². The lowest BCUT2D eigenvalue weighted by molar-refractivity contribution is 0.0943. The van der Waals surface area contributed by atoms with Gasteiger partial charge in [0.1, 0.15) is 4.21 Å². The molecule has 0 saturated heterocycles. The van der Waals surface area contributed by atoms with Crippen LogP contribution in [-0.4, -0.2) is 37.9 Å². The van der Waals surface area contributed by atoms with Gasteiger partial charge in [-0.15, -0.1) is 35.1 Å². The first-order valence-electron chi connectivity index (χ1n) is 5.45. The Kier molecular flexibility index (Phi) is 6.35. The van der Waals surface area contributed by atoms with Gasteiger partial charge >= 0.3 is 0 Å². The number of hydrogen-bond donors (Lipinski definition) is 4. The number of primary sulfonamides is 1. The van der Waals surface area contributed by atoms with Gasteiger partial charge in [-0.2, -0.15) is 0 Å². The zero-order valence-electron chi connectivity index (χ0n) is 10.3. The molecule has 0 radical (unpaired) electrons. The van der Waals surface area contributed by atoms with E-state index in [9.17, 15) is 13.5 Å². The van der Waals surface area contributed by atoms with Crippen LogP contribution in [0.3, 0.4) is 0 Å². The Balaban J connectivity index is 0.00000200. The van der Waals surface area contributed by atoms with Crippen molar-refractivity contribution in [2.45, 2.75) is 16.9 Å². The normalized spacial score (nSPS) is 13.3. The van der Waals surface area contributed by atoms with E-state index in [2.05, 4.69) is 5.32 Å². The number of aliphatic hydroxyl groups excluding tert-OH is 2. The number of halogens is 1. The Morgan fingerprint density at radius 3 is 2.60 bits per heavy atom. The highest BCUT2D eigenvalue weighted by Crippen LogP contribution is 2.35. The van der Waals surface area contributed by atoms with Crippen LogP contribution in [0.15, 0.2) is 16.3 Å². The molecule has 2 rings (SSSR count).